The molecule has 0 atom stereocenters. The SMILES string of the molecule is BC.CCOCC. The molecule has 0 aromatic rings. The first kappa shape index (κ1) is 10.1. The summed E-state index contributed by atoms with van der Waals surface area (Å²) in [4.78, 5) is 0. The lowest BCUT2D eigenvalue weighted by Gasteiger charge is -1.86. The second-order valence-electron chi connectivity index (χ2n) is 0.781. The molecule has 1 nitrogen and oxygen atoms in total. The van der Waals surface area contributed by atoms with Crippen LogP contribution in [0.25, 0.3) is 0 Å². The van der Waals surface area contributed by atoms with E-state index >= 15 is 0 Å². The van der Waals surface area contributed by atoms with Gasteiger partial charge in [0.15, 0.2) is 0 Å². The van der Waals surface area contributed by atoms with Gasteiger partial charge >= 0.3 is 0 Å². The van der Waals surface area contributed by atoms with E-state index in [0.717, 1.165) is 13.2 Å². The second-order valence-corrected chi connectivity index (χ2v) is 0.781. The van der Waals surface area contributed by atoms with Gasteiger partial charge in [0.05, 0.1) is 7.85 Å². The summed E-state index contributed by atoms with van der Waals surface area (Å²) in [6.07, 6.45) is 0. The molecule has 0 aromatic carbocycles. The van der Waals surface area contributed by atoms with E-state index < -0.39 is 0 Å². The van der Waals surface area contributed by atoms with Crippen molar-refractivity contribution in [3.05, 3.63) is 0 Å². The summed E-state index contributed by atoms with van der Waals surface area (Å²) in [6.45, 7) is 7.67. The molecule has 0 fully saturated rings. The summed E-state index contributed by atoms with van der Waals surface area (Å²) in [5, 5.41) is 0. The monoisotopic (exact) mass is 102 g/mol. The van der Waals surface area contributed by atoms with E-state index in [0.29, 0.717) is 0 Å². The summed E-state index contributed by atoms with van der Waals surface area (Å²) < 4.78 is 4.83. The fourth-order valence-electron chi connectivity index (χ4n) is 0.204. The molecule has 0 saturated carbocycles. The number of hydrogen-bond acceptors (Lipinski definition) is 1. The van der Waals surface area contributed by atoms with E-state index in [4.69, 9.17) is 4.74 Å². The molecule has 2 heteroatoms. The van der Waals surface area contributed by atoms with Crippen LogP contribution >= 0.6 is 0 Å². The second kappa shape index (κ2) is 16.6. The van der Waals surface area contributed by atoms with Gasteiger partial charge in [-0.3, -0.25) is 0 Å². The minimum atomic E-state index is 0.844. The smallest absolute Gasteiger partial charge is 0.0973 e. The third-order valence-corrected chi connectivity index (χ3v) is 0.408. The standard InChI is InChI=1S/C4H10O.CH5B/c1-3-5-4-2;1-2/h3-4H2,1-2H3;2H2,1H3. The maximum Gasteiger partial charge on any atom is 0.0973 e. The minimum Gasteiger partial charge on any atom is -0.382 e. The molecule has 0 bridgehead atoms. The average Bonchev–Trinajstić information content (AvgIpc) is 1.75. The molecule has 0 radical (unpaired) electrons. The predicted molar refractivity (Wildman–Crippen MR) is 36.6 cm³/mol. The minimum absolute atomic E-state index is 0.844. The van der Waals surface area contributed by atoms with Gasteiger partial charge in [0.1, 0.15) is 0 Å². The molecule has 0 rings (SSSR count). The Morgan fingerprint density at radius 3 is 1.43 bits per heavy atom. The van der Waals surface area contributed by atoms with Crippen LogP contribution in [0.2, 0.25) is 6.82 Å². The molecule has 0 aromatic heterocycles. The maximum atomic E-state index is 4.83. The van der Waals surface area contributed by atoms with Crippen molar-refractivity contribution in [2.75, 3.05) is 13.2 Å². The van der Waals surface area contributed by atoms with Crippen molar-refractivity contribution in [2.45, 2.75) is 20.7 Å². The molecular formula is C5H15BO. The molecule has 0 spiro atoms. The Bertz CT molecular complexity index is 15.6. The van der Waals surface area contributed by atoms with Gasteiger partial charge in [-0.15, -0.1) is 0 Å². The highest BCUT2D eigenvalue weighted by atomic mass is 16.5. The molecule has 0 N–H and O–H groups in total. The third kappa shape index (κ3) is 23.8. The predicted octanol–water partition coefficient (Wildman–Crippen LogP) is 0.710. The highest BCUT2D eigenvalue weighted by Crippen LogP contribution is 1.64. The summed E-state index contributed by atoms with van der Waals surface area (Å²) in [5.74, 6) is 0. The van der Waals surface area contributed by atoms with E-state index in [1.54, 1.807) is 0 Å². The van der Waals surface area contributed by atoms with Crippen LogP contribution in [-0.2, 0) is 4.74 Å². The summed E-state index contributed by atoms with van der Waals surface area (Å²) in [5.41, 5.74) is 0. The molecule has 44 valence electrons. The van der Waals surface area contributed by atoms with Crippen LogP contribution in [0.15, 0.2) is 0 Å². The molecular weight excluding hydrogens is 86.9 g/mol. The van der Waals surface area contributed by atoms with Crippen molar-refractivity contribution in [2.24, 2.45) is 0 Å². The van der Waals surface area contributed by atoms with Gasteiger partial charge in [0, 0.05) is 13.2 Å². The fraction of sp³-hybridized carbons (Fsp3) is 1.00. The zero-order chi connectivity index (χ0) is 6.12. The Morgan fingerprint density at radius 2 is 1.43 bits per heavy atom. The van der Waals surface area contributed by atoms with Crippen molar-refractivity contribution in [3.8, 4) is 0 Å². The number of ether oxygens (including phenoxy) is 1. The Kier molecular flexibility index (Phi) is 24.0. The van der Waals surface area contributed by atoms with Crippen LogP contribution in [-0.4, -0.2) is 21.1 Å². The molecule has 0 aliphatic rings. The van der Waals surface area contributed by atoms with Crippen LogP contribution in [0.3, 0.4) is 0 Å². The van der Waals surface area contributed by atoms with E-state index in [2.05, 4.69) is 0 Å². The van der Waals surface area contributed by atoms with Gasteiger partial charge in [-0.25, -0.2) is 0 Å². The first-order chi connectivity index (χ1) is 3.41. The molecule has 0 amide bonds. The summed E-state index contributed by atoms with van der Waals surface area (Å²) >= 11 is 0. The Hall–Kier alpha value is 0.0249. The zero-order valence-corrected chi connectivity index (χ0v) is 5.82. The van der Waals surface area contributed by atoms with Gasteiger partial charge in [-0.1, -0.05) is 6.82 Å². The largest absolute Gasteiger partial charge is 0.382 e. The normalized spacial score (nSPS) is 6.71. The van der Waals surface area contributed by atoms with Gasteiger partial charge in [-0.2, -0.15) is 0 Å². The lowest BCUT2D eigenvalue weighted by molar-refractivity contribution is 0.162. The topological polar surface area (TPSA) is 9.23 Å². The number of rotatable bonds is 2. The highest BCUT2D eigenvalue weighted by molar-refractivity contribution is 6.05. The zero-order valence-electron chi connectivity index (χ0n) is 5.82. The lowest BCUT2D eigenvalue weighted by Crippen LogP contribution is -1.84. The van der Waals surface area contributed by atoms with E-state index in [1.165, 1.54) is 0 Å². The Labute approximate surface area is 47.5 Å². The summed E-state index contributed by atoms with van der Waals surface area (Å²) in [6, 6.07) is 0. The van der Waals surface area contributed by atoms with Crippen molar-refractivity contribution < 1.29 is 4.74 Å². The van der Waals surface area contributed by atoms with Crippen LogP contribution < -0.4 is 0 Å². The maximum absolute atomic E-state index is 4.83. The van der Waals surface area contributed by atoms with Gasteiger partial charge in [0.2, 0.25) is 0 Å². The fourth-order valence-corrected chi connectivity index (χ4v) is 0.204. The summed E-state index contributed by atoms with van der Waals surface area (Å²) in [7, 11) is 2.00. The van der Waals surface area contributed by atoms with Gasteiger partial charge in [0.25, 0.3) is 0 Å². The Morgan fingerprint density at radius 1 is 1.14 bits per heavy atom. The quantitative estimate of drug-likeness (QED) is 0.466. The van der Waals surface area contributed by atoms with Crippen molar-refractivity contribution >= 4 is 7.85 Å². The van der Waals surface area contributed by atoms with Crippen LogP contribution in [0, 0.1) is 0 Å². The Balaban J connectivity index is 0. The lowest BCUT2D eigenvalue weighted by atomic mass is 10.2. The third-order valence-electron chi connectivity index (χ3n) is 0.408. The van der Waals surface area contributed by atoms with E-state index in [-0.39, 0.29) is 0 Å². The molecule has 0 saturated heterocycles. The molecule has 7 heavy (non-hydrogen) atoms. The van der Waals surface area contributed by atoms with Crippen LogP contribution in [0.5, 0.6) is 0 Å². The number of hydrogen-bond donors (Lipinski definition) is 0. The first-order valence-electron chi connectivity index (χ1n) is 2.99. The van der Waals surface area contributed by atoms with E-state index in [9.17, 15) is 0 Å². The van der Waals surface area contributed by atoms with Crippen LogP contribution in [0.4, 0.5) is 0 Å². The van der Waals surface area contributed by atoms with E-state index in [1.807, 2.05) is 28.5 Å². The molecule has 0 heterocycles. The average molecular weight is 102 g/mol. The van der Waals surface area contributed by atoms with Gasteiger partial charge in [-0.05, 0) is 13.8 Å². The van der Waals surface area contributed by atoms with Crippen molar-refractivity contribution in [3.63, 3.8) is 0 Å². The first-order valence-corrected chi connectivity index (χ1v) is 2.99. The molecule has 0 aliphatic carbocycles. The molecule has 0 aliphatic heterocycles. The van der Waals surface area contributed by atoms with Crippen molar-refractivity contribution in [1.82, 2.24) is 0 Å². The van der Waals surface area contributed by atoms with Crippen LogP contribution in [0.1, 0.15) is 13.8 Å². The highest BCUT2D eigenvalue weighted by Gasteiger charge is 1.64. The molecule has 0 unspecified atom stereocenters. The van der Waals surface area contributed by atoms with Crippen molar-refractivity contribution in [1.29, 1.82) is 0 Å². The van der Waals surface area contributed by atoms with Gasteiger partial charge < -0.3 is 4.74 Å².